The second-order valence-corrected chi connectivity index (χ2v) is 18.1. The average molecular weight is 757 g/mol. The van der Waals surface area contributed by atoms with Gasteiger partial charge in [0.2, 0.25) is 0 Å². The fourth-order valence-corrected chi connectivity index (χ4v) is 11.2. The molecule has 0 spiro atoms. The Hall–Kier alpha value is -3.12. The summed E-state index contributed by atoms with van der Waals surface area (Å²) in [7, 11) is 1.43. The van der Waals surface area contributed by atoms with Crippen LogP contribution in [0.2, 0.25) is 0 Å². The van der Waals surface area contributed by atoms with Crippen LogP contribution in [0.15, 0.2) is 30.3 Å². The van der Waals surface area contributed by atoms with E-state index in [1.54, 1.807) is 0 Å². The highest BCUT2D eigenvalue weighted by molar-refractivity contribution is 7.80. The topological polar surface area (TPSA) is 147 Å². The van der Waals surface area contributed by atoms with E-state index in [4.69, 9.17) is 26.4 Å². The number of ether oxygens (including phenoxy) is 3. The van der Waals surface area contributed by atoms with Crippen LogP contribution in [-0.2, 0) is 19.0 Å². The van der Waals surface area contributed by atoms with Gasteiger partial charge in [0.05, 0.1) is 13.2 Å². The first-order valence-electron chi connectivity index (χ1n) is 19.8. The number of hydrogen-bond donors (Lipinski definition) is 5. The summed E-state index contributed by atoms with van der Waals surface area (Å²) < 4.78 is 16.8. The van der Waals surface area contributed by atoms with Gasteiger partial charge in [0.15, 0.2) is 5.11 Å². The number of esters is 1. The predicted octanol–water partition coefficient (Wildman–Crippen LogP) is 7.18. The first-order valence-corrected chi connectivity index (χ1v) is 20.2. The molecule has 0 bridgehead atoms. The van der Waals surface area contributed by atoms with Gasteiger partial charge < -0.3 is 35.3 Å². The van der Waals surface area contributed by atoms with E-state index in [2.05, 4.69) is 42.0 Å². The van der Waals surface area contributed by atoms with Gasteiger partial charge in [0.1, 0.15) is 11.7 Å². The maximum absolute atomic E-state index is 13.6. The Morgan fingerprint density at radius 3 is 2.40 bits per heavy atom. The van der Waals surface area contributed by atoms with E-state index in [1.165, 1.54) is 7.11 Å². The van der Waals surface area contributed by atoms with E-state index in [-0.39, 0.29) is 58.5 Å². The van der Waals surface area contributed by atoms with Gasteiger partial charge in [-0.25, -0.2) is 9.59 Å². The number of aliphatic hydroxyl groups is 1. The molecule has 4 saturated carbocycles. The molecule has 1 aromatic rings. The number of para-hydroxylation sites is 1. The molecule has 0 unspecified atom stereocenters. The molecule has 5 rings (SSSR count). The molecule has 11 atom stereocenters. The number of fused-ring (bicyclic) bond motifs is 5. The molecule has 0 radical (unpaired) electrons. The second-order valence-electron chi connectivity index (χ2n) is 17.7. The van der Waals surface area contributed by atoms with Crippen molar-refractivity contribution in [1.82, 2.24) is 16.0 Å². The number of anilines is 1. The lowest BCUT2D eigenvalue weighted by molar-refractivity contribution is -0.201. The minimum Gasteiger partial charge on any atom is -0.469 e. The van der Waals surface area contributed by atoms with Gasteiger partial charge in [-0.15, -0.1) is 0 Å². The fraction of sp³-hybridized carbons (Fsp3) is 0.756. The quantitative estimate of drug-likeness (QED) is 0.0681. The van der Waals surface area contributed by atoms with Crippen molar-refractivity contribution in [2.75, 3.05) is 25.5 Å². The molecule has 4 fully saturated rings. The second kappa shape index (κ2) is 17.1. The summed E-state index contributed by atoms with van der Waals surface area (Å²) in [5.74, 6) is 1.09. The van der Waals surface area contributed by atoms with Crippen molar-refractivity contribution in [3.8, 4) is 0 Å². The van der Waals surface area contributed by atoms with E-state index in [1.807, 2.05) is 51.1 Å². The fourth-order valence-electron chi connectivity index (χ4n) is 10.9. The molecule has 0 aliphatic heterocycles. The number of nitrogens with one attached hydrogen (secondary N) is 4. The van der Waals surface area contributed by atoms with Gasteiger partial charge in [-0.3, -0.25) is 10.1 Å². The third kappa shape index (κ3) is 9.58. The van der Waals surface area contributed by atoms with Crippen LogP contribution in [0.25, 0.3) is 0 Å². The van der Waals surface area contributed by atoms with E-state index < -0.39 is 23.9 Å². The van der Waals surface area contributed by atoms with Crippen molar-refractivity contribution in [3.05, 3.63) is 30.3 Å². The lowest BCUT2D eigenvalue weighted by Crippen LogP contribution is -2.63. The smallest absolute Gasteiger partial charge is 0.411 e. The number of thiocarbonyl (C=S) groups is 1. The first kappa shape index (κ1) is 41.1. The highest BCUT2D eigenvalue weighted by Gasteiger charge is 2.67. The van der Waals surface area contributed by atoms with Gasteiger partial charge in [0, 0.05) is 36.7 Å². The third-order valence-electron chi connectivity index (χ3n) is 13.5. The number of hydrogen-bond acceptors (Lipinski definition) is 8. The predicted molar refractivity (Wildman–Crippen MR) is 209 cm³/mol. The normalized spacial score (nSPS) is 33.9. The number of benzene rings is 1. The number of amides is 2. The zero-order valence-corrected chi connectivity index (χ0v) is 33.7. The van der Waals surface area contributed by atoms with Crippen LogP contribution in [0.1, 0.15) is 106 Å². The maximum atomic E-state index is 13.6. The van der Waals surface area contributed by atoms with Gasteiger partial charge >= 0.3 is 18.2 Å². The van der Waals surface area contributed by atoms with Crippen molar-refractivity contribution in [2.24, 2.45) is 46.3 Å². The zero-order chi connectivity index (χ0) is 38.6. The Balaban J connectivity index is 1.25. The van der Waals surface area contributed by atoms with Crippen molar-refractivity contribution < 1.29 is 33.7 Å². The first-order chi connectivity index (χ1) is 25.0. The molecule has 11 nitrogen and oxygen atoms in total. The molecular formula is C41H64N4O7S. The number of carbonyl (C=O) groups excluding carboxylic acids is 3. The van der Waals surface area contributed by atoms with Crippen LogP contribution >= 0.6 is 12.2 Å². The minimum atomic E-state index is -0.531. The van der Waals surface area contributed by atoms with Crippen LogP contribution in [-0.4, -0.2) is 72.4 Å². The minimum absolute atomic E-state index is 0.0160. The van der Waals surface area contributed by atoms with E-state index in [9.17, 15) is 19.5 Å². The maximum Gasteiger partial charge on any atom is 0.411 e. The Bertz CT molecular complexity index is 1440. The zero-order valence-electron chi connectivity index (χ0n) is 32.9. The highest BCUT2D eigenvalue weighted by Crippen LogP contribution is 2.69. The summed E-state index contributed by atoms with van der Waals surface area (Å²) in [5, 5.41) is 25.3. The number of alkyl carbamates (subject to hydrolysis) is 1. The van der Waals surface area contributed by atoms with Gasteiger partial charge in [-0.05, 0) is 144 Å². The van der Waals surface area contributed by atoms with E-state index >= 15 is 0 Å². The number of aliphatic hydroxyl groups excluding tert-OH is 1. The van der Waals surface area contributed by atoms with Gasteiger partial charge in [-0.2, -0.15) is 0 Å². The molecule has 12 heteroatoms. The van der Waals surface area contributed by atoms with Crippen LogP contribution in [0.3, 0.4) is 0 Å². The molecule has 5 N–H and O–H groups in total. The summed E-state index contributed by atoms with van der Waals surface area (Å²) >= 11 is 5.67. The molecule has 1 aromatic carbocycles. The molecule has 0 aromatic heterocycles. The van der Waals surface area contributed by atoms with Crippen LogP contribution in [0, 0.1) is 46.3 Å². The molecule has 53 heavy (non-hydrogen) atoms. The summed E-state index contributed by atoms with van der Waals surface area (Å²) in [5.41, 5.74) is -0.193. The molecule has 4 aliphatic carbocycles. The van der Waals surface area contributed by atoms with Crippen molar-refractivity contribution in [1.29, 1.82) is 0 Å². The average Bonchev–Trinajstić information content (AvgIpc) is 3.45. The molecular weight excluding hydrogens is 693 g/mol. The molecule has 0 saturated heterocycles. The largest absolute Gasteiger partial charge is 0.469 e. The Morgan fingerprint density at radius 1 is 0.981 bits per heavy atom. The van der Waals surface area contributed by atoms with Crippen molar-refractivity contribution in [3.63, 3.8) is 0 Å². The summed E-state index contributed by atoms with van der Waals surface area (Å²) in [6.07, 6.45) is 6.44. The van der Waals surface area contributed by atoms with Crippen molar-refractivity contribution >= 4 is 41.2 Å². The Kier molecular flexibility index (Phi) is 13.3. The standard InChI is InChI=1S/C41H64N4O7S/c1-25(14-17-34(47)50-7)29-15-16-30-35-31(24-33(41(29,30)6)51-38(49)45-27-12-9-8-10-13-27)40(5)19-18-28(22-26(40)23-32(35)46)44-36(53)42-20-11-21-43-37(48)52-39(2,3)4/h8-10,12-13,25-26,28-33,35,46H,11,14-24H2,1-7H3,(H,43,48)(H,45,49)(H2,42,44,53)/t25-,26+,28-,29-,30+,31+,32-,33+,35+,40+,41-/m1/s1. The highest BCUT2D eigenvalue weighted by atomic mass is 32.1. The molecule has 0 heterocycles. The number of carbonyl (C=O) groups is 3. The SMILES string of the molecule is COC(=O)CC[C@@H](C)[C@H]1CC[C@H]2[C@@H]3[C@H](O)C[C@@H]4C[C@H](NC(=S)NCCCNC(=O)OC(C)(C)C)CC[C@]4(C)[C@H]3C[C@H](OC(=O)Nc3ccccc3)[C@]12C. The van der Waals surface area contributed by atoms with Crippen molar-refractivity contribution in [2.45, 2.75) is 130 Å². The molecule has 2 amide bonds. The third-order valence-corrected chi connectivity index (χ3v) is 13.7. The van der Waals surface area contributed by atoms with Gasteiger partial charge in [0.25, 0.3) is 0 Å². The summed E-state index contributed by atoms with van der Waals surface area (Å²) in [6, 6.07) is 9.60. The lowest BCUT2D eigenvalue weighted by Gasteiger charge is -2.64. The summed E-state index contributed by atoms with van der Waals surface area (Å²) in [6.45, 7) is 13.6. The molecule has 296 valence electrons. The van der Waals surface area contributed by atoms with E-state index in [0.717, 1.165) is 38.5 Å². The van der Waals surface area contributed by atoms with Crippen LogP contribution in [0.5, 0.6) is 0 Å². The van der Waals surface area contributed by atoms with Crippen LogP contribution < -0.4 is 21.3 Å². The van der Waals surface area contributed by atoms with Gasteiger partial charge in [-0.1, -0.05) is 39.0 Å². The number of rotatable bonds is 11. The molecule has 4 aliphatic rings. The summed E-state index contributed by atoms with van der Waals surface area (Å²) in [4.78, 5) is 37.6. The Morgan fingerprint density at radius 2 is 1.70 bits per heavy atom. The number of methoxy groups -OCH3 is 1. The Labute approximate surface area is 321 Å². The lowest BCUT2D eigenvalue weighted by atomic mass is 9.43. The monoisotopic (exact) mass is 756 g/mol. The van der Waals surface area contributed by atoms with E-state index in [0.29, 0.717) is 55.5 Å². The van der Waals surface area contributed by atoms with Crippen LogP contribution in [0.4, 0.5) is 15.3 Å².